The van der Waals surface area contributed by atoms with E-state index >= 15 is 0 Å². The number of hydrogen-bond acceptors (Lipinski definition) is 5. The summed E-state index contributed by atoms with van der Waals surface area (Å²) in [5.74, 6) is 0.810. The molecule has 1 aromatic heterocycles. The van der Waals surface area contributed by atoms with Gasteiger partial charge in [0.1, 0.15) is 11.9 Å². The molecule has 0 aliphatic rings. The maximum atomic E-state index is 9.79. The Morgan fingerprint density at radius 2 is 2.06 bits per heavy atom. The lowest BCUT2D eigenvalue weighted by Gasteiger charge is -2.18. The van der Waals surface area contributed by atoms with E-state index in [1.165, 1.54) is 0 Å². The fourth-order valence-corrected chi connectivity index (χ4v) is 1.39. The number of aliphatic hydroxyl groups is 2. The monoisotopic (exact) mass is 225 g/mol. The van der Waals surface area contributed by atoms with Crippen molar-refractivity contribution in [2.24, 2.45) is 5.73 Å². The smallest absolute Gasteiger partial charge is 0.127 e. The molecule has 0 amide bonds. The summed E-state index contributed by atoms with van der Waals surface area (Å²) in [7, 11) is 3.78. The van der Waals surface area contributed by atoms with Crippen molar-refractivity contribution in [1.29, 1.82) is 0 Å². The van der Waals surface area contributed by atoms with Crippen LogP contribution in [0.15, 0.2) is 18.3 Å². The minimum atomic E-state index is -0.924. The van der Waals surface area contributed by atoms with Crippen LogP contribution in [0.3, 0.4) is 0 Å². The topological polar surface area (TPSA) is 82.6 Å². The molecule has 1 aromatic rings. The van der Waals surface area contributed by atoms with Crippen molar-refractivity contribution in [3.05, 3.63) is 23.9 Å². The summed E-state index contributed by atoms with van der Waals surface area (Å²) in [5, 5.41) is 19.4. The lowest BCUT2D eigenvalue weighted by Crippen LogP contribution is -2.22. The van der Waals surface area contributed by atoms with Crippen LogP contribution in [0.25, 0.3) is 0 Å². The molecule has 0 spiro atoms. The predicted molar refractivity (Wildman–Crippen MR) is 63.2 cm³/mol. The first-order valence-corrected chi connectivity index (χ1v) is 5.25. The molecule has 0 saturated carbocycles. The van der Waals surface area contributed by atoms with Gasteiger partial charge < -0.3 is 20.8 Å². The highest BCUT2D eigenvalue weighted by atomic mass is 16.3. The number of rotatable bonds is 5. The zero-order chi connectivity index (χ0) is 12.1. The summed E-state index contributed by atoms with van der Waals surface area (Å²) in [5.41, 5.74) is 5.92. The largest absolute Gasteiger partial charge is 0.390 e. The maximum absolute atomic E-state index is 9.79. The van der Waals surface area contributed by atoms with Gasteiger partial charge in [0.15, 0.2) is 0 Å². The molecule has 4 N–H and O–H groups in total. The van der Waals surface area contributed by atoms with Crippen LogP contribution >= 0.6 is 0 Å². The molecule has 5 nitrogen and oxygen atoms in total. The minimum Gasteiger partial charge on any atom is -0.390 e. The summed E-state index contributed by atoms with van der Waals surface area (Å²) in [4.78, 5) is 6.03. The summed E-state index contributed by atoms with van der Waals surface area (Å²) in [6, 6.07) is 3.56. The molecule has 5 heteroatoms. The number of hydrogen-bond donors (Lipinski definition) is 3. The second kappa shape index (κ2) is 5.79. The van der Waals surface area contributed by atoms with Gasteiger partial charge in [-0.3, -0.25) is 0 Å². The molecule has 90 valence electrons. The first kappa shape index (κ1) is 12.9. The zero-order valence-electron chi connectivity index (χ0n) is 9.67. The summed E-state index contributed by atoms with van der Waals surface area (Å²) in [6.45, 7) is 0.349. The fraction of sp³-hybridized carbons (Fsp3) is 0.545. The summed E-state index contributed by atoms with van der Waals surface area (Å²) in [6.07, 6.45) is 0.181. The number of nitrogens with two attached hydrogens (primary N) is 1. The van der Waals surface area contributed by atoms with Crippen molar-refractivity contribution >= 4 is 5.82 Å². The van der Waals surface area contributed by atoms with Crippen LogP contribution in [0.1, 0.15) is 18.1 Å². The molecular formula is C11H19N3O2. The second-order valence-electron chi connectivity index (χ2n) is 3.93. The van der Waals surface area contributed by atoms with E-state index in [-0.39, 0.29) is 0 Å². The Morgan fingerprint density at radius 3 is 2.50 bits per heavy atom. The molecule has 1 heterocycles. The van der Waals surface area contributed by atoms with Gasteiger partial charge in [-0.2, -0.15) is 0 Å². The Kier molecular flexibility index (Phi) is 4.67. The van der Waals surface area contributed by atoms with Gasteiger partial charge in [0.2, 0.25) is 0 Å². The Hall–Kier alpha value is -1.17. The molecule has 0 radical (unpaired) electrons. The van der Waals surface area contributed by atoms with Crippen molar-refractivity contribution in [3.8, 4) is 0 Å². The lowest BCUT2D eigenvalue weighted by molar-refractivity contribution is 0.0148. The zero-order valence-corrected chi connectivity index (χ0v) is 9.67. The van der Waals surface area contributed by atoms with Gasteiger partial charge in [0.05, 0.1) is 6.10 Å². The average molecular weight is 225 g/mol. The molecule has 2 unspecified atom stereocenters. The number of anilines is 1. The fourth-order valence-electron chi connectivity index (χ4n) is 1.39. The SMILES string of the molecule is CN(C)c1ccc(C(O)C(O)CCN)cn1. The van der Waals surface area contributed by atoms with E-state index in [2.05, 4.69) is 4.98 Å². The van der Waals surface area contributed by atoms with E-state index in [0.29, 0.717) is 18.5 Å². The standard InChI is InChI=1S/C11H19N3O2/c1-14(2)10-4-3-8(7-13-10)11(16)9(15)5-6-12/h3-4,7,9,11,15-16H,5-6,12H2,1-2H3. The number of aromatic nitrogens is 1. The van der Waals surface area contributed by atoms with Gasteiger partial charge in [-0.1, -0.05) is 6.07 Å². The van der Waals surface area contributed by atoms with Gasteiger partial charge in [-0.15, -0.1) is 0 Å². The third-order valence-corrected chi connectivity index (χ3v) is 2.40. The van der Waals surface area contributed by atoms with Gasteiger partial charge in [-0.25, -0.2) is 4.98 Å². The van der Waals surface area contributed by atoms with E-state index in [1.807, 2.05) is 19.0 Å². The van der Waals surface area contributed by atoms with E-state index < -0.39 is 12.2 Å². The molecule has 1 rings (SSSR count). The highest BCUT2D eigenvalue weighted by Crippen LogP contribution is 2.19. The van der Waals surface area contributed by atoms with Crippen LogP contribution in [-0.2, 0) is 0 Å². The molecular weight excluding hydrogens is 206 g/mol. The predicted octanol–water partition coefficient (Wildman–Crippen LogP) is -0.109. The minimum absolute atomic E-state index is 0.349. The quantitative estimate of drug-likeness (QED) is 0.651. The van der Waals surface area contributed by atoms with Crippen molar-refractivity contribution in [2.75, 3.05) is 25.5 Å². The molecule has 0 aromatic carbocycles. The van der Waals surface area contributed by atoms with Crippen molar-refractivity contribution in [3.63, 3.8) is 0 Å². The van der Waals surface area contributed by atoms with Crippen molar-refractivity contribution in [2.45, 2.75) is 18.6 Å². The number of aliphatic hydroxyl groups excluding tert-OH is 2. The van der Waals surface area contributed by atoms with Crippen LogP contribution in [-0.4, -0.2) is 41.9 Å². The number of pyridine rings is 1. The van der Waals surface area contributed by atoms with Crippen molar-refractivity contribution in [1.82, 2.24) is 4.98 Å². The van der Waals surface area contributed by atoms with Gasteiger partial charge >= 0.3 is 0 Å². The Morgan fingerprint density at radius 1 is 1.38 bits per heavy atom. The van der Waals surface area contributed by atoms with Crippen LogP contribution in [0.5, 0.6) is 0 Å². The Bertz CT molecular complexity index is 314. The highest BCUT2D eigenvalue weighted by molar-refractivity contribution is 5.37. The Balaban J connectivity index is 2.73. The third kappa shape index (κ3) is 3.16. The molecule has 0 bridgehead atoms. The molecule has 16 heavy (non-hydrogen) atoms. The third-order valence-electron chi connectivity index (χ3n) is 2.40. The second-order valence-corrected chi connectivity index (χ2v) is 3.93. The van der Waals surface area contributed by atoms with E-state index in [1.54, 1.807) is 18.3 Å². The lowest BCUT2D eigenvalue weighted by atomic mass is 10.0. The average Bonchev–Trinajstić information content (AvgIpc) is 2.28. The van der Waals surface area contributed by atoms with Crippen LogP contribution in [0.4, 0.5) is 5.82 Å². The molecule has 0 fully saturated rings. The van der Waals surface area contributed by atoms with E-state index in [4.69, 9.17) is 5.73 Å². The van der Waals surface area contributed by atoms with Crippen LogP contribution in [0.2, 0.25) is 0 Å². The first-order chi connectivity index (χ1) is 7.56. The van der Waals surface area contributed by atoms with E-state index in [0.717, 1.165) is 5.82 Å². The summed E-state index contributed by atoms with van der Waals surface area (Å²) < 4.78 is 0. The van der Waals surface area contributed by atoms with Crippen molar-refractivity contribution < 1.29 is 10.2 Å². The summed E-state index contributed by atoms with van der Waals surface area (Å²) >= 11 is 0. The number of nitrogens with zero attached hydrogens (tertiary/aromatic N) is 2. The van der Waals surface area contributed by atoms with Crippen LogP contribution in [0, 0.1) is 0 Å². The van der Waals surface area contributed by atoms with Crippen LogP contribution < -0.4 is 10.6 Å². The molecule has 2 atom stereocenters. The molecule has 0 aliphatic carbocycles. The normalized spacial score (nSPS) is 14.6. The molecule has 0 aliphatic heterocycles. The van der Waals surface area contributed by atoms with Gasteiger partial charge in [0, 0.05) is 25.9 Å². The maximum Gasteiger partial charge on any atom is 0.127 e. The van der Waals surface area contributed by atoms with Gasteiger partial charge in [0.25, 0.3) is 0 Å². The Labute approximate surface area is 95.5 Å². The highest BCUT2D eigenvalue weighted by Gasteiger charge is 2.17. The van der Waals surface area contributed by atoms with E-state index in [9.17, 15) is 10.2 Å². The first-order valence-electron chi connectivity index (χ1n) is 5.25. The molecule has 0 saturated heterocycles. The van der Waals surface area contributed by atoms with Gasteiger partial charge in [-0.05, 0) is 19.0 Å².